The van der Waals surface area contributed by atoms with Crippen LogP contribution in [0.1, 0.15) is 27.2 Å². The molecule has 3 aromatic rings. The molecule has 0 spiro atoms. The van der Waals surface area contributed by atoms with Gasteiger partial charge in [-0.05, 0) is 37.6 Å². The number of hydrogen-bond acceptors (Lipinski definition) is 5. The van der Waals surface area contributed by atoms with Gasteiger partial charge >= 0.3 is 6.18 Å². The first kappa shape index (κ1) is 22.6. The molecule has 0 radical (unpaired) electrons. The van der Waals surface area contributed by atoms with Crippen LogP contribution in [-0.4, -0.2) is 52.2 Å². The summed E-state index contributed by atoms with van der Waals surface area (Å²) in [6.45, 7) is 5.07. The van der Waals surface area contributed by atoms with Gasteiger partial charge in [-0.1, -0.05) is 12.1 Å². The minimum absolute atomic E-state index is 0.228. The standard InChI is InChI=1S/C22H22F4N6O/c1-13-6-7-18(28-20(13)27-17-12-14(2)29-30-17)31-8-10-32(11-9-31)21(33)15-4-3-5-16(19(15)23)22(24,25)26/h3-7,12H,8-11H2,1-2H3,(H2,27,28,29,30). The number of piperazine rings is 1. The summed E-state index contributed by atoms with van der Waals surface area (Å²) in [5.41, 5.74) is -0.187. The van der Waals surface area contributed by atoms with E-state index in [1.165, 1.54) is 4.90 Å². The van der Waals surface area contributed by atoms with E-state index in [9.17, 15) is 22.4 Å². The van der Waals surface area contributed by atoms with E-state index in [0.717, 1.165) is 23.4 Å². The van der Waals surface area contributed by atoms with Crippen LogP contribution in [0.4, 0.5) is 35.0 Å². The SMILES string of the molecule is Cc1cc(Nc2nc(N3CCN(C(=O)c4cccc(C(F)(F)F)c4F)CC3)ccc2C)n[nH]1. The molecule has 1 aliphatic heterocycles. The number of halogens is 4. The summed E-state index contributed by atoms with van der Waals surface area (Å²) < 4.78 is 53.3. The molecule has 3 heterocycles. The number of aryl methyl sites for hydroxylation is 2. The molecule has 0 atom stereocenters. The minimum atomic E-state index is -4.86. The molecule has 1 aliphatic rings. The van der Waals surface area contributed by atoms with Crippen molar-refractivity contribution >= 4 is 23.4 Å². The summed E-state index contributed by atoms with van der Waals surface area (Å²) in [6.07, 6.45) is -4.86. The van der Waals surface area contributed by atoms with Crippen molar-refractivity contribution < 1.29 is 22.4 Å². The number of hydrogen-bond donors (Lipinski definition) is 2. The molecule has 174 valence electrons. The maximum absolute atomic E-state index is 14.4. The van der Waals surface area contributed by atoms with Crippen molar-refractivity contribution in [1.29, 1.82) is 0 Å². The van der Waals surface area contributed by atoms with E-state index in [0.29, 0.717) is 36.6 Å². The summed E-state index contributed by atoms with van der Waals surface area (Å²) in [5, 5.41) is 10.2. The van der Waals surface area contributed by atoms with Crippen LogP contribution in [0, 0.1) is 19.7 Å². The van der Waals surface area contributed by atoms with Gasteiger partial charge in [-0.25, -0.2) is 9.37 Å². The molecule has 0 saturated carbocycles. The number of anilines is 3. The van der Waals surface area contributed by atoms with E-state index in [1.807, 2.05) is 36.9 Å². The molecule has 1 saturated heterocycles. The van der Waals surface area contributed by atoms with E-state index in [4.69, 9.17) is 0 Å². The lowest BCUT2D eigenvalue weighted by molar-refractivity contribution is -0.140. The van der Waals surface area contributed by atoms with E-state index in [2.05, 4.69) is 20.5 Å². The highest BCUT2D eigenvalue weighted by molar-refractivity contribution is 5.95. The molecule has 7 nitrogen and oxygen atoms in total. The number of benzene rings is 1. The summed E-state index contributed by atoms with van der Waals surface area (Å²) in [5.74, 6) is -0.330. The molecule has 11 heteroatoms. The Hall–Kier alpha value is -3.63. The number of aromatic nitrogens is 3. The number of nitrogens with one attached hydrogen (secondary N) is 2. The Morgan fingerprint density at radius 3 is 2.45 bits per heavy atom. The molecule has 4 rings (SSSR count). The Kier molecular flexibility index (Phi) is 5.96. The highest BCUT2D eigenvalue weighted by atomic mass is 19.4. The Morgan fingerprint density at radius 2 is 1.82 bits per heavy atom. The smallest absolute Gasteiger partial charge is 0.353 e. The van der Waals surface area contributed by atoms with Gasteiger partial charge in [0, 0.05) is 37.9 Å². The number of aromatic amines is 1. The highest BCUT2D eigenvalue weighted by Gasteiger charge is 2.36. The second-order valence-electron chi connectivity index (χ2n) is 7.84. The maximum Gasteiger partial charge on any atom is 0.419 e. The van der Waals surface area contributed by atoms with Gasteiger partial charge in [0.15, 0.2) is 5.82 Å². The van der Waals surface area contributed by atoms with Gasteiger partial charge in [0.25, 0.3) is 5.91 Å². The van der Waals surface area contributed by atoms with E-state index in [1.54, 1.807) is 0 Å². The summed E-state index contributed by atoms with van der Waals surface area (Å²) >= 11 is 0. The second-order valence-corrected chi connectivity index (χ2v) is 7.84. The van der Waals surface area contributed by atoms with Gasteiger partial charge in [-0.15, -0.1) is 0 Å². The average Bonchev–Trinajstić information content (AvgIpc) is 3.19. The topological polar surface area (TPSA) is 77.2 Å². The lowest BCUT2D eigenvalue weighted by atomic mass is 10.1. The first-order valence-corrected chi connectivity index (χ1v) is 10.3. The van der Waals surface area contributed by atoms with Crippen LogP contribution in [0.3, 0.4) is 0 Å². The Balaban J connectivity index is 1.45. The number of nitrogens with zero attached hydrogens (tertiary/aromatic N) is 4. The number of alkyl halides is 3. The summed E-state index contributed by atoms with van der Waals surface area (Å²) in [7, 11) is 0. The van der Waals surface area contributed by atoms with Gasteiger partial charge < -0.3 is 15.1 Å². The predicted octanol–water partition coefficient (Wildman–Crippen LogP) is 4.29. The molecule has 33 heavy (non-hydrogen) atoms. The van der Waals surface area contributed by atoms with Crippen LogP contribution in [0.15, 0.2) is 36.4 Å². The normalized spacial score (nSPS) is 14.5. The molecular weight excluding hydrogens is 440 g/mol. The van der Waals surface area contributed by atoms with Crippen molar-refractivity contribution in [2.45, 2.75) is 20.0 Å². The number of H-pyrrole nitrogens is 1. The third-order valence-corrected chi connectivity index (χ3v) is 5.46. The minimum Gasteiger partial charge on any atom is -0.353 e. The van der Waals surface area contributed by atoms with Gasteiger partial charge in [-0.2, -0.15) is 18.3 Å². The molecule has 0 aliphatic carbocycles. The van der Waals surface area contributed by atoms with Crippen LogP contribution >= 0.6 is 0 Å². The largest absolute Gasteiger partial charge is 0.419 e. The first-order chi connectivity index (χ1) is 15.6. The van der Waals surface area contributed by atoms with Gasteiger partial charge in [-0.3, -0.25) is 9.89 Å². The zero-order valence-electron chi connectivity index (χ0n) is 18.0. The Labute approximate surface area is 187 Å². The van der Waals surface area contributed by atoms with Crippen molar-refractivity contribution in [3.63, 3.8) is 0 Å². The fourth-order valence-electron chi connectivity index (χ4n) is 3.65. The van der Waals surface area contributed by atoms with Crippen molar-refractivity contribution in [1.82, 2.24) is 20.1 Å². The number of carbonyl (C=O) groups is 1. The van der Waals surface area contributed by atoms with E-state index < -0.39 is 29.0 Å². The van der Waals surface area contributed by atoms with Crippen molar-refractivity contribution in [2.24, 2.45) is 0 Å². The summed E-state index contributed by atoms with van der Waals surface area (Å²) in [4.78, 5) is 20.7. The Morgan fingerprint density at radius 1 is 1.09 bits per heavy atom. The second kappa shape index (κ2) is 8.72. The first-order valence-electron chi connectivity index (χ1n) is 10.3. The number of pyridine rings is 1. The van der Waals surface area contributed by atoms with Crippen LogP contribution in [-0.2, 0) is 6.18 Å². The van der Waals surface area contributed by atoms with Crippen LogP contribution < -0.4 is 10.2 Å². The number of rotatable bonds is 4. The quantitative estimate of drug-likeness (QED) is 0.566. The summed E-state index contributed by atoms with van der Waals surface area (Å²) in [6, 6.07) is 8.38. The van der Waals surface area contributed by atoms with E-state index >= 15 is 0 Å². The monoisotopic (exact) mass is 462 g/mol. The lowest BCUT2D eigenvalue weighted by Gasteiger charge is -2.35. The molecule has 1 aromatic carbocycles. The van der Waals surface area contributed by atoms with Crippen LogP contribution in [0.25, 0.3) is 0 Å². The highest BCUT2D eigenvalue weighted by Crippen LogP contribution is 2.33. The molecule has 1 fully saturated rings. The van der Waals surface area contributed by atoms with Crippen LogP contribution in [0.2, 0.25) is 0 Å². The third kappa shape index (κ3) is 4.76. The van der Waals surface area contributed by atoms with Gasteiger partial charge in [0.1, 0.15) is 17.5 Å². The Bertz CT molecular complexity index is 1170. The predicted molar refractivity (Wildman–Crippen MR) is 115 cm³/mol. The average molecular weight is 462 g/mol. The third-order valence-electron chi connectivity index (χ3n) is 5.46. The number of amides is 1. The fraction of sp³-hybridized carbons (Fsp3) is 0.318. The molecule has 0 unspecified atom stereocenters. The zero-order chi connectivity index (χ0) is 23.8. The number of carbonyl (C=O) groups excluding carboxylic acids is 1. The molecule has 2 N–H and O–H groups in total. The fourth-order valence-corrected chi connectivity index (χ4v) is 3.65. The van der Waals surface area contributed by atoms with Crippen molar-refractivity contribution in [3.8, 4) is 0 Å². The van der Waals surface area contributed by atoms with Crippen molar-refractivity contribution in [3.05, 3.63) is 64.6 Å². The molecule has 2 aromatic heterocycles. The van der Waals surface area contributed by atoms with E-state index in [-0.39, 0.29) is 13.1 Å². The molecular formula is C22H22F4N6O. The molecule has 1 amide bonds. The lowest BCUT2D eigenvalue weighted by Crippen LogP contribution is -2.49. The van der Waals surface area contributed by atoms with Gasteiger partial charge in [0.2, 0.25) is 0 Å². The van der Waals surface area contributed by atoms with Crippen molar-refractivity contribution in [2.75, 3.05) is 36.4 Å². The molecule has 0 bridgehead atoms. The van der Waals surface area contributed by atoms with Gasteiger partial charge in [0.05, 0.1) is 11.1 Å². The zero-order valence-corrected chi connectivity index (χ0v) is 18.0. The maximum atomic E-state index is 14.4. The van der Waals surface area contributed by atoms with Crippen LogP contribution in [0.5, 0.6) is 0 Å².